The van der Waals surface area contributed by atoms with Crippen molar-refractivity contribution >= 4 is 33.4 Å². The summed E-state index contributed by atoms with van der Waals surface area (Å²) in [7, 11) is -3.55. The molecular weight excluding hydrogens is 600 g/mol. The second-order valence-corrected chi connectivity index (χ2v) is 13.4. The van der Waals surface area contributed by atoms with E-state index in [2.05, 4.69) is 14.9 Å². The summed E-state index contributed by atoms with van der Waals surface area (Å²) in [6.45, 7) is 4.38. The molecule has 2 fully saturated rings. The molecule has 234 valence electrons. The number of ether oxygens (including phenoxy) is 1. The van der Waals surface area contributed by atoms with E-state index in [1.807, 2.05) is 42.5 Å². The largest absolute Gasteiger partial charge is 0.379 e. The van der Waals surface area contributed by atoms with Crippen molar-refractivity contribution in [1.29, 1.82) is 0 Å². The number of aryl methyl sites for hydroxylation is 1. The molecular formula is C33H39ClN4O5S. The summed E-state index contributed by atoms with van der Waals surface area (Å²) >= 11 is 6.13. The summed E-state index contributed by atoms with van der Waals surface area (Å²) in [5.41, 5.74) is 2.40. The zero-order chi connectivity index (χ0) is 30.9. The van der Waals surface area contributed by atoms with Crippen LogP contribution < -0.4 is 10.0 Å². The highest BCUT2D eigenvalue weighted by Gasteiger charge is 2.32. The summed E-state index contributed by atoms with van der Waals surface area (Å²) in [4.78, 5) is 31.9. The van der Waals surface area contributed by atoms with Crippen LogP contribution in [0, 0.1) is 0 Å². The Kier molecular flexibility index (Phi) is 11.1. The monoisotopic (exact) mass is 638 g/mol. The number of halogens is 1. The fourth-order valence-electron chi connectivity index (χ4n) is 5.20. The Balaban J connectivity index is 1.32. The van der Waals surface area contributed by atoms with Gasteiger partial charge in [0.2, 0.25) is 21.8 Å². The Hall–Kier alpha value is -3.28. The number of sulfonamides is 1. The van der Waals surface area contributed by atoms with Crippen LogP contribution in [0.5, 0.6) is 0 Å². The first-order valence-corrected chi connectivity index (χ1v) is 16.9. The molecule has 3 aromatic rings. The highest BCUT2D eigenvalue weighted by Crippen LogP contribution is 2.26. The minimum absolute atomic E-state index is 0.0260. The van der Waals surface area contributed by atoms with Crippen molar-refractivity contribution in [2.45, 2.75) is 49.2 Å². The Bertz CT molecular complexity index is 1490. The van der Waals surface area contributed by atoms with Crippen molar-refractivity contribution in [3.05, 3.63) is 101 Å². The quantitative estimate of drug-likeness (QED) is 0.277. The SMILES string of the molecule is O=C(NCCN1CCOCC1)[C@@H](c1ccccc1)N(Cc1ccc(Cl)cc1)C(=O)CCc1ccc(S(=O)(=O)NC2CC2)cc1. The molecule has 1 heterocycles. The molecule has 1 saturated heterocycles. The number of nitrogens with zero attached hydrogens (tertiary/aromatic N) is 2. The van der Waals surface area contributed by atoms with Gasteiger partial charge in [0, 0.05) is 50.2 Å². The lowest BCUT2D eigenvalue weighted by Crippen LogP contribution is -2.46. The van der Waals surface area contributed by atoms with Crippen LogP contribution >= 0.6 is 11.6 Å². The minimum atomic E-state index is -3.55. The highest BCUT2D eigenvalue weighted by atomic mass is 35.5. The zero-order valence-electron chi connectivity index (χ0n) is 24.7. The average Bonchev–Trinajstić information content (AvgIpc) is 3.85. The van der Waals surface area contributed by atoms with Gasteiger partial charge in [0.05, 0.1) is 18.1 Å². The molecule has 2 aliphatic rings. The molecule has 1 atom stereocenters. The molecule has 0 radical (unpaired) electrons. The van der Waals surface area contributed by atoms with Gasteiger partial charge in [0.25, 0.3) is 0 Å². The number of amides is 2. The molecule has 0 unspecified atom stereocenters. The van der Waals surface area contributed by atoms with Crippen LogP contribution in [0.25, 0.3) is 0 Å². The number of benzene rings is 3. The molecule has 1 saturated carbocycles. The molecule has 44 heavy (non-hydrogen) atoms. The Labute approximate surface area is 264 Å². The van der Waals surface area contributed by atoms with Gasteiger partial charge in [-0.1, -0.05) is 66.2 Å². The van der Waals surface area contributed by atoms with Crippen LogP contribution in [0.4, 0.5) is 0 Å². The lowest BCUT2D eigenvalue weighted by molar-refractivity contribution is -0.141. The molecule has 0 bridgehead atoms. The second kappa shape index (κ2) is 15.1. The third kappa shape index (κ3) is 9.12. The van der Waals surface area contributed by atoms with Crippen LogP contribution in [-0.4, -0.2) is 75.5 Å². The van der Waals surface area contributed by atoms with E-state index in [1.54, 1.807) is 41.3 Å². The van der Waals surface area contributed by atoms with E-state index in [1.165, 1.54) is 0 Å². The molecule has 0 aromatic heterocycles. The van der Waals surface area contributed by atoms with Crippen LogP contribution in [0.1, 0.15) is 42.0 Å². The standard InChI is InChI=1S/C33H39ClN4O5S/c34-28-11-6-26(7-12-28)24-38(31(39)17-10-25-8-15-30(16-9-25)44(41,42)36-29-13-14-29)32(27-4-2-1-3-5-27)33(40)35-18-19-37-20-22-43-23-21-37/h1-9,11-12,15-16,29,32,36H,10,13-14,17-24H2,(H,35,40)/t32-/m1/s1. The number of hydrogen-bond donors (Lipinski definition) is 2. The zero-order valence-corrected chi connectivity index (χ0v) is 26.2. The second-order valence-electron chi connectivity index (χ2n) is 11.2. The van der Waals surface area contributed by atoms with Crippen molar-refractivity contribution in [3.8, 4) is 0 Å². The van der Waals surface area contributed by atoms with Crippen molar-refractivity contribution in [1.82, 2.24) is 19.8 Å². The van der Waals surface area contributed by atoms with Crippen LogP contribution in [-0.2, 0) is 37.3 Å². The normalized spacial score (nSPS) is 16.3. The first-order chi connectivity index (χ1) is 21.3. The number of carbonyl (C=O) groups is 2. The summed E-state index contributed by atoms with van der Waals surface area (Å²) in [6, 6.07) is 22.4. The number of hydrogen-bond acceptors (Lipinski definition) is 6. The van der Waals surface area contributed by atoms with Crippen molar-refractivity contribution in [2.75, 3.05) is 39.4 Å². The number of morpholine rings is 1. The first kappa shape index (κ1) is 32.1. The summed E-state index contributed by atoms with van der Waals surface area (Å²) < 4.78 is 33.2. The summed E-state index contributed by atoms with van der Waals surface area (Å²) in [6.07, 6.45) is 2.26. The predicted octanol–water partition coefficient (Wildman–Crippen LogP) is 3.93. The van der Waals surface area contributed by atoms with E-state index in [4.69, 9.17) is 16.3 Å². The highest BCUT2D eigenvalue weighted by molar-refractivity contribution is 7.89. The van der Waals surface area contributed by atoms with Gasteiger partial charge in [-0.05, 0) is 60.2 Å². The maximum atomic E-state index is 14.0. The van der Waals surface area contributed by atoms with E-state index < -0.39 is 16.1 Å². The summed E-state index contributed by atoms with van der Waals surface area (Å²) in [5, 5.41) is 3.66. The summed E-state index contributed by atoms with van der Waals surface area (Å²) in [5.74, 6) is -0.436. The molecule has 3 aromatic carbocycles. The molecule has 9 nitrogen and oxygen atoms in total. The minimum Gasteiger partial charge on any atom is -0.379 e. The average molecular weight is 639 g/mol. The fourth-order valence-corrected chi connectivity index (χ4v) is 6.63. The molecule has 1 aliphatic carbocycles. The van der Waals surface area contributed by atoms with Crippen molar-refractivity contribution in [3.63, 3.8) is 0 Å². The van der Waals surface area contributed by atoms with Gasteiger partial charge in [-0.15, -0.1) is 0 Å². The number of nitrogens with one attached hydrogen (secondary N) is 2. The van der Waals surface area contributed by atoms with E-state index in [-0.39, 0.29) is 35.7 Å². The molecule has 2 N–H and O–H groups in total. The molecule has 0 spiro atoms. The third-order valence-electron chi connectivity index (χ3n) is 7.85. The van der Waals surface area contributed by atoms with Crippen LogP contribution in [0.2, 0.25) is 5.02 Å². The maximum Gasteiger partial charge on any atom is 0.247 e. The number of carbonyl (C=O) groups excluding carboxylic acids is 2. The Morgan fingerprint density at radius 2 is 1.59 bits per heavy atom. The van der Waals surface area contributed by atoms with Crippen molar-refractivity contribution < 1.29 is 22.7 Å². The van der Waals surface area contributed by atoms with Gasteiger partial charge >= 0.3 is 0 Å². The Morgan fingerprint density at radius 1 is 0.932 bits per heavy atom. The third-order valence-corrected chi connectivity index (χ3v) is 9.64. The maximum absolute atomic E-state index is 14.0. The molecule has 5 rings (SSSR count). The lowest BCUT2D eigenvalue weighted by Gasteiger charge is -2.32. The van der Waals surface area contributed by atoms with Gasteiger partial charge in [-0.3, -0.25) is 14.5 Å². The van der Waals surface area contributed by atoms with Crippen LogP contribution in [0.3, 0.4) is 0 Å². The van der Waals surface area contributed by atoms with E-state index >= 15 is 0 Å². The van der Waals surface area contributed by atoms with Gasteiger partial charge < -0.3 is 15.0 Å². The molecule has 1 aliphatic heterocycles. The first-order valence-electron chi connectivity index (χ1n) is 15.1. The molecule has 2 amide bonds. The van der Waals surface area contributed by atoms with Gasteiger partial charge in [0.1, 0.15) is 6.04 Å². The smallest absolute Gasteiger partial charge is 0.247 e. The van der Waals surface area contributed by atoms with E-state index in [0.29, 0.717) is 37.7 Å². The van der Waals surface area contributed by atoms with Gasteiger partial charge in [0.15, 0.2) is 0 Å². The van der Waals surface area contributed by atoms with Gasteiger partial charge in [-0.2, -0.15) is 0 Å². The van der Waals surface area contributed by atoms with E-state index in [9.17, 15) is 18.0 Å². The van der Waals surface area contributed by atoms with Crippen molar-refractivity contribution in [2.24, 2.45) is 0 Å². The van der Waals surface area contributed by atoms with E-state index in [0.717, 1.165) is 42.6 Å². The lowest BCUT2D eigenvalue weighted by atomic mass is 10.0. The predicted molar refractivity (Wildman–Crippen MR) is 170 cm³/mol. The number of rotatable bonds is 14. The van der Waals surface area contributed by atoms with Crippen LogP contribution in [0.15, 0.2) is 83.8 Å². The fraction of sp³-hybridized carbons (Fsp3) is 0.394. The Morgan fingerprint density at radius 3 is 2.25 bits per heavy atom. The molecule has 11 heteroatoms. The topological polar surface area (TPSA) is 108 Å². The van der Waals surface area contributed by atoms with Gasteiger partial charge in [-0.25, -0.2) is 13.1 Å².